The average Bonchev–Trinajstić information content (AvgIpc) is 3.04. The van der Waals surface area contributed by atoms with Gasteiger partial charge < -0.3 is 20.0 Å². The minimum absolute atomic E-state index is 0.227. The first-order valence-corrected chi connectivity index (χ1v) is 12.7. The summed E-state index contributed by atoms with van der Waals surface area (Å²) in [6, 6.07) is 12.5. The number of hydrogen-bond acceptors (Lipinski definition) is 4. The predicted octanol–water partition coefficient (Wildman–Crippen LogP) is 5.02. The zero-order valence-electron chi connectivity index (χ0n) is 19.6. The molecule has 2 fully saturated rings. The van der Waals surface area contributed by atoms with E-state index >= 15 is 0 Å². The fraction of sp³-hybridized carbons (Fsp3) is 0.462. The maximum atomic E-state index is 12.9. The van der Waals surface area contributed by atoms with Crippen molar-refractivity contribution in [2.24, 2.45) is 5.92 Å². The molecule has 2 heterocycles. The van der Waals surface area contributed by atoms with E-state index in [0.717, 1.165) is 64.2 Å². The van der Waals surface area contributed by atoms with Crippen molar-refractivity contribution in [3.63, 3.8) is 0 Å². The second kappa shape index (κ2) is 11.4. The van der Waals surface area contributed by atoms with E-state index in [1.165, 1.54) is 0 Å². The summed E-state index contributed by atoms with van der Waals surface area (Å²) in [5.41, 5.74) is 2.12. The Kier molecular flexibility index (Phi) is 8.35. The predicted molar refractivity (Wildman–Crippen MR) is 139 cm³/mol. The van der Waals surface area contributed by atoms with Crippen molar-refractivity contribution in [2.45, 2.75) is 25.7 Å². The van der Waals surface area contributed by atoms with Crippen LogP contribution in [0.3, 0.4) is 0 Å². The molecule has 0 aromatic heterocycles. The Morgan fingerprint density at radius 2 is 1.71 bits per heavy atom. The molecule has 8 heteroatoms. The maximum absolute atomic E-state index is 12.9. The minimum Gasteiger partial charge on any atom is -0.370 e. The summed E-state index contributed by atoms with van der Waals surface area (Å²) in [6.45, 7) is 5.37. The van der Waals surface area contributed by atoms with Crippen molar-refractivity contribution in [3.8, 4) is 0 Å². The normalized spacial score (nSPS) is 18.0. The number of likely N-dealkylation sites (N-methyl/N-ethyl adjacent to an activating group) is 1. The van der Waals surface area contributed by atoms with Crippen LogP contribution in [0.4, 0.5) is 11.4 Å². The number of nitrogens with one attached hydrogen (secondary N) is 1. The SMILES string of the molecule is CN1CCCN(C(=O)CC2CCN(c3ccc(Cl)cc3NC(=O)c3cccc(Cl)c3)CC2)CC1. The van der Waals surface area contributed by atoms with Crippen LogP contribution >= 0.6 is 23.2 Å². The lowest BCUT2D eigenvalue weighted by molar-refractivity contribution is -0.132. The number of amides is 2. The molecule has 6 nitrogen and oxygen atoms in total. The summed E-state index contributed by atoms with van der Waals surface area (Å²) in [4.78, 5) is 32.3. The fourth-order valence-electron chi connectivity index (χ4n) is 4.76. The number of piperidine rings is 1. The topological polar surface area (TPSA) is 55.9 Å². The van der Waals surface area contributed by atoms with Crippen LogP contribution < -0.4 is 10.2 Å². The summed E-state index contributed by atoms with van der Waals surface area (Å²) < 4.78 is 0. The van der Waals surface area contributed by atoms with Crippen LogP contribution in [-0.4, -0.2) is 67.9 Å². The van der Waals surface area contributed by atoms with Gasteiger partial charge in [-0.25, -0.2) is 0 Å². The summed E-state index contributed by atoms with van der Waals surface area (Å²) in [7, 11) is 2.12. The Morgan fingerprint density at radius 3 is 2.47 bits per heavy atom. The molecule has 0 aliphatic carbocycles. The highest BCUT2D eigenvalue weighted by Gasteiger charge is 2.26. The lowest BCUT2D eigenvalue weighted by Crippen LogP contribution is -2.39. The van der Waals surface area contributed by atoms with E-state index in [1.807, 2.05) is 17.0 Å². The third-order valence-electron chi connectivity index (χ3n) is 6.78. The molecule has 0 radical (unpaired) electrons. The van der Waals surface area contributed by atoms with Crippen LogP contribution in [0.1, 0.15) is 36.0 Å². The molecule has 1 N–H and O–H groups in total. The Hall–Kier alpha value is -2.28. The monoisotopic (exact) mass is 502 g/mol. The van der Waals surface area contributed by atoms with Crippen LogP contribution in [0.15, 0.2) is 42.5 Å². The Morgan fingerprint density at radius 1 is 0.941 bits per heavy atom. The second-order valence-corrected chi connectivity index (χ2v) is 10.2. The number of halogens is 2. The van der Waals surface area contributed by atoms with Crippen LogP contribution in [0.25, 0.3) is 0 Å². The van der Waals surface area contributed by atoms with E-state index < -0.39 is 0 Å². The van der Waals surface area contributed by atoms with E-state index in [2.05, 4.69) is 22.2 Å². The third kappa shape index (κ3) is 6.44. The average molecular weight is 503 g/mol. The van der Waals surface area contributed by atoms with Gasteiger partial charge in [0.2, 0.25) is 5.91 Å². The van der Waals surface area contributed by atoms with E-state index in [-0.39, 0.29) is 11.8 Å². The van der Waals surface area contributed by atoms with Crippen LogP contribution in [-0.2, 0) is 4.79 Å². The van der Waals surface area contributed by atoms with Crippen LogP contribution in [0.2, 0.25) is 10.0 Å². The molecule has 2 saturated heterocycles. The fourth-order valence-corrected chi connectivity index (χ4v) is 5.12. The number of anilines is 2. The first kappa shape index (κ1) is 24.8. The summed E-state index contributed by atoms with van der Waals surface area (Å²) >= 11 is 12.3. The van der Waals surface area contributed by atoms with Gasteiger partial charge in [-0.15, -0.1) is 0 Å². The second-order valence-electron chi connectivity index (χ2n) is 9.30. The van der Waals surface area contributed by atoms with Gasteiger partial charge in [0.1, 0.15) is 0 Å². The molecule has 0 bridgehead atoms. The van der Waals surface area contributed by atoms with Crippen molar-refractivity contribution in [1.29, 1.82) is 0 Å². The largest absolute Gasteiger partial charge is 0.370 e. The smallest absolute Gasteiger partial charge is 0.255 e. The highest BCUT2D eigenvalue weighted by molar-refractivity contribution is 6.31. The van der Waals surface area contributed by atoms with Gasteiger partial charge in [-0.05, 0) is 75.2 Å². The molecular weight excluding hydrogens is 471 g/mol. The van der Waals surface area contributed by atoms with Gasteiger partial charge in [-0.3, -0.25) is 9.59 Å². The van der Waals surface area contributed by atoms with Crippen LogP contribution in [0, 0.1) is 5.92 Å². The third-order valence-corrected chi connectivity index (χ3v) is 7.25. The van der Waals surface area contributed by atoms with Gasteiger partial charge >= 0.3 is 0 Å². The quantitative estimate of drug-likeness (QED) is 0.623. The van der Waals surface area contributed by atoms with Crippen molar-refractivity contribution in [3.05, 3.63) is 58.1 Å². The molecular formula is C26H32Cl2N4O2. The number of benzene rings is 2. The number of nitrogens with zero attached hydrogens (tertiary/aromatic N) is 3. The Bertz CT molecular complexity index is 1020. The van der Waals surface area contributed by atoms with Gasteiger partial charge in [-0.1, -0.05) is 29.3 Å². The molecule has 34 heavy (non-hydrogen) atoms. The standard InChI is InChI=1S/C26H32Cl2N4O2/c1-30-10-3-11-32(15-14-30)25(33)16-19-8-12-31(13-9-19)24-7-6-22(28)18-23(24)29-26(34)20-4-2-5-21(27)17-20/h2,4-7,17-19H,3,8-16H2,1H3,(H,29,34). The maximum Gasteiger partial charge on any atom is 0.255 e. The van der Waals surface area contributed by atoms with Crippen LogP contribution in [0.5, 0.6) is 0 Å². The lowest BCUT2D eigenvalue weighted by atomic mass is 9.92. The molecule has 4 rings (SSSR count). The van der Waals surface area contributed by atoms with Crippen molar-refractivity contribution in [1.82, 2.24) is 9.80 Å². The lowest BCUT2D eigenvalue weighted by Gasteiger charge is -2.35. The van der Waals surface area contributed by atoms with Gasteiger partial charge in [-0.2, -0.15) is 0 Å². The molecule has 2 aromatic rings. The van der Waals surface area contributed by atoms with Gasteiger partial charge in [0.05, 0.1) is 11.4 Å². The molecule has 2 aliphatic heterocycles. The molecule has 0 unspecified atom stereocenters. The van der Waals surface area contributed by atoms with Gasteiger partial charge in [0, 0.05) is 54.8 Å². The highest BCUT2D eigenvalue weighted by atomic mass is 35.5. The van der Waals surface area contributed by atoms with E-state index in [9.17, 15) is 9.59 Å². The van der Waals surface area contributed by atoms with E-state index in [1.54, 1.807) is 30.3 Å². The van der Waals surface area contributed by atoms with Crippen molar-refractivity contribution < 1.29 is 9.59 Å². The van der Waals surface area contributed by atoms with E-state index in [0.29, 0.717) is 33.6 Å². The Balaban J connectivity index is 1.36. The molecule has 2 aromatic carbocycles. The summed E-state index contributed by atoms with van der Waals surface area (Å²) in [5, 5.41) is 4.08. The zero-order chi connectivity index (χ0) is 24.1. The molecule has 182 valence electrons. The van der Waals surface area contributed by atoms with Crippen molar-refractivity contribution in [2.75, 3.05) is 56.5 Å². The highest BCUT2D eigenvalue weighted by Crippen LogP contribution is 2.33. The number of rotatable bonds is 5. The van der Waals surface area contributed by atoms with E-state index in [4.69, 9.17) is 23.2 Å². The minimum atomic E-state index is -0.227. The number of hydrogen-bond donors (Lipinski definition) is 1. The molecule has 0 saturated carbocycles. The Labute approximate surface area is 211 Å². The first-order valence-electron chi connectivity index (χ1n) is 12.0. The number of carbonyl (C=O) groups excluding carboxylic acids is 2. The summed E-state index contributed by atoms with van der Waals surface area (Å²) in [5.74, 6) is 0.450. The molecule has 0 spiro atoms. The molecule has 2 aliphatic rings. The molecule has 2 amide bonds. The zero-order valence-corrected chi connectivity index (χ0v) is 21.1. The summed E-state index contributed by atoms with van der Waals surface area (Å²) in [6.07, 6.45) is 3.56. The van der Waals surface area contributed by atoms with Gasteiger partial charge in [0.25, 0.3) is 5.91 Å². The van der Waals surface area contributed by atoms with Gasteiger partial charge in [0.15, 0.2) is 0 Å². The molecule has 0 atom stereocenters. The van der Waals surface area contributed by atoms with Crippen molar-refractivity contribution >= 4 is 46.4 Å². The first-order chi connectivity index (χ1) is 16.4. The number of carbonyl (C=O) groups is 2.